The molecule has 0 aliphatic rings. The second-order valence-corrected chi connectivity index (χ2v) is 6.22. The molecule has 1 unspecified atom stereocenters. The van der Waals surface area contributed by atoms with Crippen molar-refractivity contribution in [3.8, 4) is 0 Å². The first-order chi connectivity index (χ1) is 8.63. The third-order valence-electron chi connectivity index (χ3n) is 3.02. The molecule has 0 aliphatic heterocycles. The average Bonchev–Trinajstić information content (AvgIpc) is 2.68. The molecule has 0 N–H and O–H groups in total. The van der Waals surface area contributed by atoms with Crippen LogP contribution in [0.4, 0.5) is 0 Å². The fraction of sp³-hybridized carbons (Fsp3) is 0.500. The van der Waals surface area contributed by atoms with Gasteiger partial charge in [-0.05, 0) is 50.0 Å². The number of hydrogen-bond acceptors (Lipinski definition) is 2. The number of imidazole rings is 1. The number of halogens is 1. The Kier molecular flexibility index (Phi) is 4.57. The highest BCUT2D eigenvalue weighted by molar-refractivity contribution is 7.98. The number of benzene rings is 1. The van der Waals surface area contributed by atoms with Gasteiger partial charge in [-0.3, -0.25) is 0 Å². The summed E-state index contributed by atoms with van der Waals surface area (Å²) < 4.78 is 2.27. The van der Waals surface area contributed by atoms with Gasteiger partial charge in [-0.25, -0.2) is 4.98 Å². The number of fused-ring (bicyclic) bond motifs is 1. The Labute approximate surface area is 118 Å². The molecular weight excluding hydrogens is 264 g/mol. The van der Waals surface area contributed by atoms with Gasteiger partial charge >= 0.3 is 0 Å². The summed E-state index contributed by atoms with van der Waals surface area (Å²) in [5.41, 5.74) is 3.52. The summed E-state index contributed by atoms with van der Waals surface area (Å²) >= 11 is 8.12. The zero-order valence-corrected chi connectivity index (χ0v) is 12.7. The van der Waals surface area contributed by atoms with Crippen molar-refractivity contribution in [3.63, 3.8) is 0 Å². The summed E-state index contributed by atoms with van der Waals surface area (Å²) in [4.78, 5) is 4.66. The first kappa shape index (κ1) is 13.8. The molecular formula is C14H19ClN2S. The lowest BCUT2D eigenvalue weighted by Gasteiger charge is -2.10. The lowest BCUT2D eigenvalue weighted by molar-refractivity contribution is 0.658. The van der Waals surface area contributed by atoms with Crippen LogP contribution in [0.5, 0.6) is 0 Å². The summed E-state index contributed by atoms with van der Waals surface area (Å²) in [6.07, 6.45) is 3.29. The molecule has 0 bridgehead atoms. The van der Waals surface area contributed by atoms with E-state index in [1.165, 1.54) is 16.8 Å². The number of hydrogen-bond donors (Lipinski definition) is 0. The monoisotopic (exact) mass is 282 g/mol. The van der Waals surface area contributed by atoms with Crippen molar-refractivity contribution in [1.29, 1.82) is 0 Å². The molecule has 1 aromatic heterocycles. The Bertz CT molecular complexity index is 534. The Morgan fingerprint density at radius 2 is 2.22 bits per heavy atom. The normalized spacial score (nSPS) is 13.1. The molecule has 2 aromatic rings. The van der Waals surface area contributed by atoms with E-state index in [2.05, 4.69) is 40.9 Å². The second-order valence-electron chi connectivity index (χ2n) is 4.58. The summed E-state index contributed by atoms with van der Waals surface area (Å²) in [6.45, 7) is 5.09. The molecule has 1 atom stereocenters. The number of thioether (sulfide) groups is 1. The highest BCUT2D eigenvalue weighted by Gasteiger charge is 2.14. The van der Waals surface area contributed by atoms with Crippen LogP contribution < -0.4 is 0 Å². The van der Waals surface area contributed by atoms with Crippen LogP contribution in [-0.4, -0.2) is 21.6 Å². The van der Waals surface area contributed by atoms with E-state index in [1.54, 1.807) is 0 Å². The number of rotatable bonds is 5. The summed E-state index contributed by atoms with van der Waals surface area (Å²) in [6, 6.07) is 6.38. The molecule has 0 fully saturated rings. The van der Waals surface area contributed by atoms with Crippen molar-refractivity contribution >= 4 is 34.4 Å². The number of nitrogens with zero attached hydrogens (tertiary/aromatic N) is 2. The van der Waals surface area contributed by atoms with Gasteiger partial charge in [-0.1, -0.05) is 6.07 Å². The van der Waals surface area contributed by atoms with Crippen molar-refractivity contribution in [3.05, 3.63) is 29.6 Å². The summed E-state index contributed by atoms with van der Waals surface area (Å²) in [7, 11) is 0. The van der Waals surface area contributed by atoms with E-state index in [-0.39, 0.29) is 5.38 Å². The van der Waals surface area contributed by atoms with Crippen LogP contribution in [-0.2, 0) is 6.54 Å². The molecule has 2 rings (SSSR count). The Balaban J connectivity index is 2.43. The molecule has 0 radical (unpaired) electrons. The maximum absolute atomic E-state index is 6.24. The summed E-state index contributed by atoms with van der Waals surface area (Å²) in [5.74, 6) is 2.15. The third-order valence-corrected chi connectivity index (χ3v) is 3.91. The van der Waals surface area contributed by atoms with Gasteiger partial charge in [-0.15, -0.1) is 11.6 Å². The quantitative estimate of drug-likeness (QED) is 0.598. The van der Waals surface area contributed by atoms with E-state index in [9.17, 15) is 0 Å². The predicted molar refractivity (Wildman–Crippen MR) is 81.7 cm³/mol. The van der Waals surface area contributed by atoms with E-state index in [4.69, 9.17) is 11.6 Å². The standard InChI is InChI=1S/C14H19ClN2S/c1-10-5-6-12-13(9-10)17(7-4-8-18-3)14(16-12)11(2)15/h5-6,9,11H,4,7-8H2,1-3H3. The molecule has 4 heteroatoms. The van der Waals surface area contributed by atoms with Crippen molar-refractivity contribution in [2.45, 2.75) is 32.2 Å². The topological polar surface area (TPSA) is 17.8 Å². The third kappa shape index (κ3) is 2.83. The molecule has 2 nitrogen and oxygen atoms in total. The number of aromatic nitrogens is 2. The minimum atomic E-state index is -0.0491. The minimum absolute atomic E-state index is 0.0491. The van der Waals surface area contributed by atoms with Gasteiger partial charge in [0.05, 0.1) is 16.4 Å². The smallest absolute Gasteiger partial charge is 0.127 e. The molecule has 0 amide bonds. The molecule has 1 aromatic carbocycles. The van der Waals surface area contributed by atoms with E-state index in [0.29, 0.717) is 0 Å². The van der Waals surface area contributed by atoms with Gasteiger partial charge in [0.15, 0.2) is 0 Å². The molecule has 0 spiro atoms. The molecule has 98 valence electrons. The second kappa shape index (κ2) is 5.98. The highest BCUT2D eigenvalue weighted by atomic mass is 35.5. The Morgan fingerprint density at radius 1 is 1.44 bits per heavy atom. The lowest BCUT2D eigenvalue weighted by Crippen LogP contribution is -2.05. The van der Waals surface area contributed by atoms with E-state index >= 15 is 0 Å². The fourth-order valence-corrected chi connectivity index (χ4v) is 2.74. The van der Waals surface area contributed by atoms with Gasteiger partial charge in [0, 0.05) is 6.54 Å². The highest BCUT2D eigenvalue weighted by Crippen LogP contribution is 2.25. The van der Waals surface area contributed by atoms with Gasteiger partial charge in [-0.2, -0.15) is 11.8 Å². The zero-order chi connectivity index (χ0) is 13.1. The summed E-state index contributed by atoms with van der Waals surface area (Å²) in [5, 5.41) is -0.0491. The Hall–Kier alpha value is -0.670. The van der Waals surface area contributed by atoms with Crippen LogP contribution in [0.15, 0.2) is 18.2 Å². The van der Waals surface area contributed by atoms with Crippen LogP contribution in [0.2, 0.25) is 0 Å². The minimum Gasteiger partial charge on any atom is -0.327 e. The SMILES string of the molecule is CSCCCn1c(C(C)Cl)nc2ccc(C)cc21. The fourth-order valence-electron chi connectivity index (χ4n) is 2.16. The zero-order valence-electron chi connectivity index (χ0n) is 11.1. The molecule has 18 heavy (non-hydrogen) atoms. The Morgan fingerprint density at radius 3 is 2.89 bits per heavy atom. The van der Waals surface area contributed by atoms with Gasteiger partial charge in [0.1, 0.15) is 5.82 Å². The van der Waals surface area contributed by atoms with Gasteiger partial charge in [0.25, 0.3) is 0 Å². The van der Waals surface area contributed by atoms with Gasteiger partial charge < -0.3 is 4.57 Å². The van der Waals surface area contributed by atoms with Crippen LogP contribution >= 0.6 is 23.4 Å². The maximum Gasteiger partial charge on any atom is 0.127 e. The average molecular weight is 283 g/mol. The van der Waals surface area contributed by atoms with E-state index in [0.717, 1.165) is 24.3 Å². The van der Waals surface area contributed by atoms with Crippen molar-refractivity contribution in [2.24, 2.45) is 0 Å². The first-order valence-corrected chi connectivity index (χ1v) is 8.06. The molecule has 0 aliphatic carbocycles. The largest absolute Gasteiger partial charge is 0.327 e. The van der Waals surface area contributed by atoms with E-state index < -0.39 is 0 Å². The number of aryl methyl sites for hydroxylation is 2. The van der Waals surface area contributed by atoms with Crippen molar-refractivity contribution in [1.82, 2.24) is 9.55 Å². The molecule has 0 saturated carbocycles. The van der Waals surface area contributed by atoms with Crippen LogP contribution in [0.25, 0.3) is 11.0 Å². The van der Waals surface area contributed by atoms with Crippen LogP contribution in [0.3, 0.4) is 0 Å². The van der Waals surface area contributed by atoms with Crippen molar-refractivity contribution < 1.29 is 0 Å². The predicted octanol–water partition coefficient (Wildman–Crippen LogP) is 4.40. The first-order valence-electron chi connectivity index (χ1n) is 6.23. The maximum atomic E-state index is 6.24. The lowest BCUT2D eigenvalue weighted by atomic mass is 10.2. The van der Waals surface area contributed by atoms with Crippen molar-refractivity contribution in [2.75, 3.05) is 12.0 Å². The van der Waals surface area contributed by atoms with Gasteiger partial charge in [0.2, 0.25) is 0 Å². The number of alkyl halides is 1. The molecule has 0 saturated heterocycles. The molecule has 1 heterocycles. The van der Waals surface area contributed by atoms with E-state index in [1.807, 2.05) is 18.7 Å². The van der Waals surface area contributed by atoms with Crippen LogP contribution in [0.1, 0.15) is 30.1 Å². The van der Waals surface area contributed by atoms with Crippen LogP contribution in [0, 0.1) is 6.92 Å².